The van der Waals surface area contributed by atoms with Gasteiger partial charge in [0.15, 0.2) is 0 Å². The molecule has 0 fully saturated rings. The molecule has 0 saturated heterocycles. The maximum Gasteiger partial charge on any atom is 0.233 e. The van der Waals surface area contributed by atoms with Crippen molar-refractivity contribution in [2.24, 2.45) is 0 Å². The molecule has 25 heavy (non-hydrogen) atoms. The van der Waals surface area contributed by atoms with Gasteiger partial charge in [-0.25, -0.2) is 0 Å². The number of hydrogen-bond acceptors (Lipinski definition) is 5. The van der Waals surface area contributed by atoms with Gasteiger partial charge in [-0.15, -0.1) is 5.10 Å². The minimum atomic E-state index is -0.253. The molecule has 0 saturated carbocycles. The second-order valence-electron chi connectivity index (χ2n) is 5.43. The first kappa shape index (κ1) is 17.2. The summed E-state index contributed by atoms with van der Waals surface area (Å²) in [6.45, 7) is 2.50. The monoisotopic (exact) mass is 353 g/mol. The number of rotatable bonds is 7. The number of nitrogens with zero attached hydrogens (tertiary/aromatic N) is 4. The molecule has 2 aromatic carbocycles. The van der Waals surface area contributed by atoms with Crippen LogP contribution in [0.15, 0.2) is 65.8 Å². The third-order valence-corrected chi connectivity index (χ3v) is 4.96. The van der Waals surface area contributed by atoms with Gasteiger partial charge < -0.3 is 5.32 Å². The standard InChI is InChI=1S/C18H19N5OS/c1-2-16(17(24)19-13-14-9-5-3-6-10-14)25-18-20-21-22-23(18)15-11-7-4-8-12-15/h3-12,16H,2,13H2,1H3,(H,19,24). The van der Waals surface area contributed by atoms with Crippen LogP contribution in [0.1, 0.15) is 18.9 Å². The van der Waals surface area contributed by atoms with Crippen LogP contribution in [-0.4, -0.2) is 31.4 Å². The second-order valence-corrected chi connectivity index (χ2v) is 6.60. The first-order valence-corrected chi connectivity index (χ1v) is 8.98. The van der Waals surface area contributed by atoms with E-state index in [1.807, 2.05) is 67.6 Å². The van der Waals surface area contributed by atoms with Crippen LogP contribution in [0.4, 0.5) is 0 Å². The fourth-order valence-electron chi connectivity index (χ4n) is 2.33. The summed E-state index contributed by atoms with van der Waals surface area (Å²) in [6.07, 6.45) is 0.687. The largest absolute Gasteiger partial charge is 0.351 e. The van der Waals surface area contributed by atoms with E-state index in [1.54, 1.807) is 4.68 Å². The topological polar surface area (TPSA) is 72.7 Å². The van der Waals surface area contributed by atoms with Crippen molar-refractivity contribution in [2.45, 2.75) is 30.3 Å². The van der Waals surface area contributed by atoms with Gasteiger partial charge in [0.1, 0.15) is 0 Å². The van der Waals surface area contributed by atoms with Crippen LogP contribution in [0.25, 0.3) is 5.69 Å². The first-order valence-electron chi connectivity index (χ1n) is 8.10. The number of nitrogens with one attached hydrogen (secondary N) is 1. The summed E-state index contributed by atoms with van der Waals surface area (Å²) in [7, 11) is 0. The lowest BCUT2D eigenvalue weighted by molar-refractivity contribution is -0.120. The van der Waals surface area contributed by atoms with Crippen molar-refractivity contribution in [3.63, 3.8) is 0 Å². The van der Waals surface area contributed by atoms with Crippen molar-refractivity contribution >= 4 is 17.7 Å². The zero-order valence-corrected chi connectivity index (χ0v) is 14.7. The predicted octanol–water partition coefficient (Wildman–Crippen LogP) is 2.85. The molecule has 1 aromatic heterocycles. The highest BCUT2D eigenvalue weighted by Crippen LogP contribution is 2.25. The highest BCUT2D eigenvalue weighted by molar-refractivity contribution is 8.00. The molecule has 3 rings (SSSR count). The normalized spacial score (nSPS) is 11.9. The lowest BCUT2D eigenvalue weighted by Crippen LogP contribution is -2.32. The van der Waals surface area contributed by atoms with Crippen molar-refractivity contribution in [3.05, 3.63) is 66.2 Å². The van der Waals surface area contributed by atoms with Crippen molar-refractivity contribution in [3.8, 4) is 5.69 Å². The molecular formula is C18H19N5OS. The quantitative estimate of drug-likeness (QED) is 0.661. The van der Waals surface area contributed by atoms with Gasteiger partial charge in [0, 0.05) is 6.54 Å². The van der Waals surface area contributed by atoms with Crippen LogP contribution in [0.2, 0.25) is 0 Å². The summed E-state index contributed by atoms with van der Waals surface area (Å²) < 4.78 is 1.65. The van der Waals surface area contributed by atoms with E-state index in [4.69, 9.17) is 0 Å². The van der Waals surface area contributed by atoms with Crippen LogP contribution in [0.5, 0.6) is 0 Å². The van der Waals surface area contributed by atoms with Gasteiger partial charge >= 0.3 is 0 Å². The van der Waals surface area contributed by atoms with Crippen LogP contribution in [0.3, 0.4) is 0 Å². The number of carbonyl (C=O) groups is 1. The van der Waals surface area contributed by atoms with E-state index in [9.17, 15) is 4.79 Å². The van der Waals surface area contributed by atoms with Gasteiger partial charge in [-0.05, 0) is 34.5 Å². The third kappa shape index (κ3) is 4.45. The molecule has 6 nitrogen and oxygen atoms in total. The summed E-state index contributed by atoms with van der Waals surface area (Å²) in [4.78, 5) is 12.5. The Morgan fingerprint density at radius 2 is 1.80 bits per heavy atom. The lowest BCUT2D eigenvalue weighted by atomic mass is 10.2. The SMILES string of the molecule is CCC(Sc1nnnn1-c1ccccc1)C(=O)NCc1ccccc1. The summed E-state index contributed by atoms with van der Waals surface area (Å²) in [5, 5.41) is 15.2. The highest BCUT2D eigenvalue weighted by Gasteiger charge is 2.21. The van der Waals surface area contributed by atoms with Gasteiger partial charge in [0.25, 0.3) is 0 Å². The zero-order chi connectivity index (χ0) is 17.5. The minimum absolute atomic E-state index is 0.0148. The van der Waals surface area contributed by atoms with Crippen molar-refractivity contribution < 1.29 is 4.79 Å². The number of para-hydroxylation sites is 1. The Kier molecular flexibility index (Phi) is 5.79. The van der Waals surface area contributed by atoms with Gasteiger partial charge in [0.05, 0.1) is 10.9 Å². The third-order valence-electron chi connectivity index (χ3n) is 3.66. The van der Waals surface area contributed by atoms with Crippen LogP contribution in [0, 0.1) is 0 Å². The van der Waals surface area contributed by atoms with E-state index in [0.717, 1.165) is 11.3 Å². The van der Waals surface area contributed by atoms with Crippen molar-refractivity contribution in [1.82, 2.24) is 25.5 Å². The molecule has 0 aliphatic carbocycles. The number of amides is 1. The molecule has 0 aliphatic heterocycles. The maximum atomic E-state index is 12.5. The number of aromatic nitrogens is 4. The number of tetrazole rings is 1. The van der Waals surface area contributed by atoms with Crippen LogP contribution >= 0.6 is 11.8 Å². The lowest BCUT2D eigenvalue weighted by Gasteiger charge is -2.14. The molecular weight excluding hydrogens is 334 g/mol. The molecule has 7 heteroatoms. The summed E-state index contributed by atoms with van der Waals surface area (Å²) >= 11 is 1.37. The van der Waals surface area contributed by atoms with Gasteiger partial charge in [-0.3, -0.25) is 4.79 Å². The van der Waals surface area contributed by atoms with E-state index in [0.29, 0.717) is 18.1 Å². The molecule has 1 heterocycles. The smallest absolute Gasteiger partial charge is 0.233 e. The first-order chi connectivity index (χ1) is 12.3. The number of benzene rings is 2. The number of carbonyl (C=O) groups excluding carboxylic acids is 1. The van der Waals surface area contributed by atoms with E-state index >= 15 is 0 Å². The Labute approximate surface area is 150 Å². The molecule has 128 valence electrons. The molecule has 3 aromatic rings. The molecule has 1 atom stereocenters. The Morgan fingerprint density at radius 3 is 2.48 bits per heavy atom. The average Bonchev–Trinajstić information content (AvgIpc) is 3.14. The van der Waals surface area contributed by atoms with Gasteiger partial charge in [-0.1, -0.05) is 67.2 Å². The zero-order valence-electron chi connectivity index (χ0n) is 13.9. The van der Waals surface area contributed by atoms with Crippen molar-refractivity contribution in [1.29, 1.82) is 0 Å². The molecule has 1 amide bonds. The van der Waals surface area contributed by atoms with E-state index < -0.39 is 0 Å². The average molecular weight is 353 g/mol. The number of thioether (sulfide) groups is 1. The van der Waals surface area contributed by atoms with E-state index in [1.165, 1.54) is 11.8 Å². The summed E-state index contributed by atoms with van der Waals surface area (Å²) in [6, 6.07) is 19.5. The minimum Gasteiger partial charge on any atom is -0.351 e. The Bertz CT molecular complexity index is 807. The van der Waals surface area contributed by atoms with Crippen molar-refractivity contribution in [2.75, 3.05) is 0 Å². The molecule has 0 bridgehead atoms. The molecule has 0 aliphatic rings. The Morgan fingerprint density at radius 1 is 1.12 bits per heavy atom. The Balaban J connectivity index is 1.66. The molecule has 1 N–H and O–H groups in total. The van der Waals surface area contributed by atoms with Gasteiger partial charge in [-0.2, -0.15) is 4.68 Å². The van der Waals surface area contributed by atoms with E-state index in [-0.39, 0.29) is 11.2 Å². The summed E-state index contributed by atoms with van der Waals surface area (Å²) in [5.41, 5.74) is 1.94. The molecule has 1 unspecified atom stereocenters. The number of hydrogen-bond donors (Lipinski definition) is 1. The van der Waals surface area contributed by atoms with Crippen LogP contribution in [-0.2, 0) is 11.3 Å². The highest BCUT2D eigenvalue weighted by atomic mass is 32.2. The van der Waals surface area contributed by atoms with E-state index in [2.05, 4.69) is 20.8 Å². The predicted molar refractivity (Wildman–Crippen MR) is 97.4 cm³/mol. The molecule has 0 spiro atoms. The van der Waals surface area contributed by atoms with Crippen LogP contribution < -0.4 is 5.32 Å². The fourth-order valence-corrected chi connectivity index (χ4v) is 3.27. The maximum absolute atomic E-state index is 12.5. The summed E-state index contributed by atoms with van der Waals surface area (Å²) in [5.74, 6) is -0.0148. The van der Waals surface area contributed by atoms with Gasteiger partial charge in [0.2, 0.25) is 11.1 Å². The Hall–Kier alpha value is -2.67. The fraction of sp³-hybridized carbons (Fsp3) is 0.222. The second kappa shape index (κ2) is 8.43. The molecule has 0 radical (unpaired) electrons.